The molecule has 0 bridgehead atoms. The number of alkyl halides is 2. The van der Waals surface area contributed by atoms with E-state index in [0.29, 0.717) is 37.5 Å². The van der Waals surface area contributed by atoms with Crippen LogP contribution < -0.4 is 0 Å². The smallest absolute Gasteiger partial charge is 0.245 e. The van der Waals surface area contributed by atoms with E-state index in [1.54, 1.807) is 11.6 Å². The third-order valence-corrected chi connectivity index (χ3v) is 5.60. The molecule has 0 atom stereocenters. The third-order valence-electron chi connectivity index (χ3n) is 5.60. The van der Waals surface area contributed by atoms with Gasteiger partial charge in [0.25, 0.3) is 0 Å². The van der Waals surface area contributed by atoms with Crippen LogP contribution in [0.5, 0.6) is 0 Å². The molecule has 1 N–H and O–H groups in total. The second kappa shape index (κ2) is 10.2. The summed E-state index contributed by atoms with van der Waals surface area (Å²) in [5.74, 6) is -1.87. The normalized spacial score (nSPS) is 11.9. The topological polar surface area (TPSA) is 85.2 Å². The van der Waals surface area contributed by atoms with Crippen molar-refractivity contribution in [2.75, 3.05) is 0 Å². The van der Waals surface area contributed by atoms with E-state index in [-0.39, 0.29) is 18.2 Å². The van der Waals surface area contributed by atoms with Gasteiger partial charge in [0.15, 0.2) is 5.82 Å². The molecule has 0 aliphatic carbocycles. The molecule has 4 rings (SSSR count). The fourth-order valence-corrected chi connectivity index (χ4v) is 3.93. The highest BCUT2D eigenvalue weighted by atomic mass is 19.3. The van der Waals surface area contributed by atoms with E-state index in [4.69, 9.17) is 0 Å². The Labute approximate surface area is 197 Å². The number of H-pyrrole nitrogens is 1. The number of hydrogen-bond donors (Lipinski definition) is 1. The van der Waals surface area contributed by atoms with Gasteiger partial charge in [-0.25, -0.2) is 14.8 Å². The molecule has 0 saturated carbocycles. The van der Waals surface area contributed by atoms with Crippen LogP contribution in [-0.4, -0.2) is 35.4 Å². The van der Waals surface area contributed by atoms with E-state index >= 15 is 0 Å². The first-order valence-corrected chi connectivity index (χ1v) is 11.6. The average molecular weight is 466 g/mol. The van der Waals surface area contributed by atoms with Crippen LogP contribution >= 0.6 is 0 Å². The zero-order valence-corrected chi connectivity index (χ0v) is 19.7. The van der Waals surface area contributed by atoms with Crippen LogP contribution in [0.15, 0.2) is 48.5 Å². The Bertz CT molecular complexity index is 1200. The zero-order chi connectivity index (χ0) is 24.1. The van der Waals surface area contributed by atoms with Crippen LogP contribution in [0.1, 0.15) is 62.0 Å². The number of hydrogen-bond acceptors (Lipinski definition) is 5. The van der Waals surface area contributed by atoms with Gasteiger partial charge < -0.3 is 0 Å². The summed E-state index contributed by atoms with van der Waals surface area (Å²) in [7, 11) is 0. The number of tetrazole rings is 1. The van der Waals surface area contributed by atoms with E-state index in [1.807, 2.05) is 44.2 Å². The maximum absolute atomic E-state index is 14.5. The van der Waals surface area contributed by atoms with Crippen LogP contribution in [0.2, 0.25) is 0 Å². The fraction of sp³-hybridized carbons (Fsp3) is 0.400. The summed E-state index contributed by atoms with van der Waals surface area (Å²) in [6.45, 7) is 6.23. The monoisotopic (exact) mass is 465 g/mol. The highest BCUT2D eigenvalue weighted by Crippen LogP contribution is 2.31. The summed E-state index contributed by atoms with van der Waals surface area (Å²) in [4.78, 5) is 4.23. The summed E-state index contributed by atoms with van der Waals surface area (Å²) in [6.07, 6.45) is 1.43. The average Bonchev–Trinajstić information content (AvgIpc) is 3.46. The summed E-state index contributed by atoms with van der Waals surface area (Å²) < 4.78 is 30.6. The molecule has 178 valence electrons. The lowest BCUT2D eigenvalue weighted by Crippen LogP contribution is -2.15. The molecule has 0 radical (unpaired) electrons. The molecule has 2 aromatic heterocycles. The predicted octanol–water partition coefficient (Wildman–Crippen LogP) is 5.19. The van der Waals surface area contributed by atoms with Gasteiger partial charge in [-0.3, -0.25) is 0 Å². The van der Waals surface area contributed by atoms with Crippen molar-refractivity contribution in [2.45, 2.75) is 58.9 Å². The molecule has 0 unspecified atom stereocenters. The Morgan fingerprint density at radius 3 is 2.44 bits per heavy atom. The van der Waals surface area contributed by atoms with Crippen molar-refractivity contribution >= 4 is 0 Å². The quantitative estimate of drug-likeness (QED) is 0.348. The fourth-order valence-electron chi connectivity index (χ4n) is 3.93. The van der Waals surface area contributed by atoms with Crippen LogP contribution in [0, 0.1) is 5.92 Å². The largest absolute Gasteiger partial charge is 0.308 e. The summed E-state index contributed by atoms with van der Waals surface area (Å²) in [5, 5.41) is 18.4. The molecule has 2 heterocycles. The van der Waals surface area contributed by atoms with E-state index in [0.717, 1.165) is 22.3 Å². The summed E-state index contributed by atoms with van der Waals surface area (Å²) in [6, 6.07) is 16.1. The minimum Gasteiger partial charge on any atom is -0.245 e. The zero-order valence-electron chi connectivity index (χ0n) is 19.7. The van der Waals surface area contributed by atoms with Crippen molar-refractivity contribution in [1.82, 2.24) is 35.4 Å². The van der Waals surface area contributed by atoms with Gasteiger partial charge in [0.2, 0.25) is 5.82 Å². The van der Waals surface area contributed by atoms with Crippen molar-refractivity contribution in [3.8, 4) is 11.4 Å². The molecule has 0 aliphatic heterocycles. The maximum atomic E-state index is 14.5. The van der Waals surface area contributed by atoms with Crippen LogP contribution in [-0.2, 0) is 25.3 Å². The molecule has 0 aliphatic rings. The van der Waals surface area contributed by atoms with Gasteiger partial charge in [-0.1, -0.05) is 69.3 Å². The van der Waals surface area contributed by atoms with Crippen molar-refractivity contribution in [2.24, 2.45) is 5.92 Å². The first kappa shape index (κ1) is 23.7. The lowest BCUT2D eigenvalue weighted by Gasteiger charge is -2.10. The van der Waals surface area contributed by atoms with Crippen LogP contribution in [0.4, 0.5) is 8.78 Å². The Kier molecular flexibility index (Phi) is 7.09. The number of benzene rings is 2. The molecule has 34 heavy (non-hydrogen) atoms. The molecule has 0 fully saturated rings. The number of nitrogens with zero attached hydrogens (tertiary/aromatic N) is 6. The highest BCUT2D eigenvalue weighted by molar-refractivity contribution is 5.60. The second-order valence-electron chi connectivity index (χ2n) is 8.96. The second-order valence-corrected chi connectivity index (χ2v) is 8.96. The molecule has 0 amide bonds. The molecular formula is C25H29F2N7. The molecule has 0 saturated heterocycles. The van der Waals surface area contributed by atoms with E-state index in [9.17, 15) is 8.78 Å². The number of aromatic amines is 1. The van der Waals surface area contributed by atoms with Gasteiger partial charge in [-0.05, 0) is 45.9 Å². The molecular weight excluding hydrogens is 436 g/mol. The van der Waals surface area contributed by atoms with Gasteiger partial charge in [0.1, 0.15) is 5.82 Å². The number of rotatable bonds is 10. The van der Waals surface area contributed by atoms with Crippen LogP contribution in [0.3, 0.4) is 0 Å². The Hall–Kier alpha value is -3.49. The first-order valence-electron chi connectivity index (χ1n) is 11.6. The van der Waals surface area contributed by atoms with Crippen molar-refractivity contribution in [3.05, 3.63) is 76.9 Å². The minimum atomic E-state index is -3.01. The maximum Gasteiger partial charge on any atom is 0.308 e. The minimum absolute atomic E-state index is 0.252. The molecule has 9 heteroatoms. The lowest BCUT2D eigenvalue weighted by atomic mass is 9.98. The van der Waals surface area contributed by atoms with E-state index < -0.39 is 5.92 Å². The Morgan fingerprint density at radius 2 is 1.76 bits per heavy atom. The van der Waals surface area contributed by atoms with Gasteiger partial charge in [0, 0.05) is 18.4 Å². The SMILES string of the molecule is CCCC(F)(F)c1nc(CC(C)C)n(Cc2ccc(Cc3ccccc3-c3nnn[nH]3)cc2)n1. The van der Waals surface area contributed by atoms with Gasteiger partial charge in [-0.2, -0.15) is 8.78 Å². The first-order chi connectivity index (χ1) is 16.4. The number of aromatic nitrogens is 7. The van der Waals surface area contributed by atoms with E-state index in [1.165, 1.54) is 0 Å². The highest BCUT2D eigenvalue weighted by Gasteiger charge is 2.36. The molecule has 2 aromatic carbocycles. The molecule has 4 aromatic rings. The Balaban J connectivity index is 1.53. The standard InChI is InChI=1S/C25H29F2N7/c1-4-13-25(26,27)24-28-22(14-17(2)3)34(31-24)16-19-11-9-18(10-12-19)15-20-7-5-6-8-21(20)23-29-32-33-30-23/h5-12,17H,4,13-16H2,1-3H3,(H,29,30,32,33). The van der Waals surface area contributed by atoms with Crippen molar-refractivity contribution in [3.63, 3.8) is 0 Å². The number of halogens is 2. The number of nitrogens with one attached hydrogen (secondary N) is 1. The molecule has 0 spiro atoms. The lowest BCUT2D eigenvalue weighted by molar-refractivity contribution is -0.0232. The molecule has 7 nitrogen and oxygen atoms in total. The van der Waals surface area contributed by atoms with Gasteiger partial charge in [-0.15, -0.1) is 10.2 Å². The summed E-state index contributed by atoms with van der Waals surface area (Å²) in [5.41, 5.74) is 4.17. The third kappa shape index (κ3) is 5.52. The van der Waals surface area contributed by atoms with Crippen LogP contribution in [0.25, 0.3) is 11.4 Å². The van der Waals surface area contributed by atoms with Crippen molar-refractivity contribution in [1.29, 1.82) is 0 Å². The van der Waals surface area contributed by atoms with E-state index in [2.05, 4.69) is 48.9 Å². The Morgan fingerprint density at radius 1 is 1.03 bits per heavy atom. The van der Waals surface area contributed by atoms with Gasteiger partial charge >= 0.3 is 5.92 Å². The summed E-state index contributed by atoms with van der Waals surface area (Å²) >= 11 is 0. The predicted molar refractivity (Wildman–Crippen MR) is 125 cm³/mol. The van der Waals surface area contributed by atoms with Gasteiger partial charge in [0.05, 0.1) is 6.54 Å². The van der Waals surface area contributed by atoms with Crippen molar-refractivity contribution < 1.29 is 8.78 Å².